The second kappa shape index (κ2) is 7.54. The van der Waals surface area contributed by atoms with E-state index in [9.17, 15) is 4.79 Å². The summed E-state index contributed by atoms with van der Waals surface area (Å²) < 4.78 is 2.04. The van der Waals surface area contributed by atoms with Crippen LogP contribution in [0.15, 0.2) is 72.4 Å². The standard InChI is InChI=1S/C21H19N3OS/c25-21(9-3-5-18-6-4-14-26-18)23-16-10-12-17(13-11-16)24-15-22-19-7-1-2-8-20(19)24/h1-2,4,6-8,10-15H,3,5,9H2,(H,23,25). The molecule has 130 valence electrons. The predicted octanol–water partition coefficient (Wildman–Crippen LogP) is 5.05. The molecule has 2 aromatic carbocycles. The van der Waals surface area contributed by atoms with Crippen molar-refractivity contribution in [3.63, 3.8) is 0 Å². The minimum Gasteiger partial charge on any atom is -0.326 e. The number of para-hydroxylation sites is 2. The van der Waals surface area contributed by atoms with E-state index < -0.39 is 0 Å². The summed E-state index contributed by atoms with van der Waals surface area (Å²) in [6.45, 7) is 0. The fourth-order valence-corrected chi connectivity index (χ4v) is 3.72. The second-order valence-corrected chi connectivity index (χ2v) is 7.16. The fraction of sp³-hybridized carbons (Fsp3) is 0.143. The third kappa shape index (κ3) is 3.68. The molecule has 4 rings (SSSR count). The number of benzene rings is 2. The van der Waals surface area contributed by atoms with E-state index >= 15 is 0 Å². The number of imidazole rings is 1. The molecule has 0 atom stereocenters. The third-order valence-corrected chi connectivity index (χ3v) is 5.23. The predicted molar refractivity (Wildman–Crippen MR) is 107 cm³/mol. The van der Waals surface area contributed by atoms with Crippen LogP contribution >= 0.6 is 11.3 Å². The second-order valence-electron chi connectivity index (χ2n) is 6.13. The number of hydrogen-bond acceptors (Lipinski definition) is 3. The van der Waals surface area contributed by atoms with Crippen molar-refractivity contribution in [2.75, 3.05) is 5.32 Å². The van der Waals surface area contributed by atoms with Gasteiger partial charge in [-0.1, -0.05) is 18.2 Å². The van der Waals surface area contributed by atoms with Crippen molar-refractivity contribution in [3.8, 4) is 5.69 Å². The van der Waals surface area contributed by atoms with Crippen LogP contribution in [0.4, 0.5) is 5.69 Å². The first-order valence-electron chi connectivity index (χ1n) is 8.64. The normalized spacial score (nSPS) is 10.9. The smallest absolute Gasteiger partial charge is 0.224 e. The summed E-state index contributed by atoms with van der Waals surface area (Å²) in [4.78, 5) is 17.8. The summed E-state index contributed by atoms with van der Waals surface area (Å²) in [5.74, 6) is 0.0578. The molecule has 0 saturated heterocycles. The summed E-state index contributed by atoms with van der Waals surface area (Å²) >= 11 is 1.74. The molecule has 2 aromatic heterocycles. The highest BCUT2D eigenvalue weighted by molar-refractivity contribution is 7.09. The molecule has 0 bridgehead atoms. The average Bonchev–Trinajstić information content (AvgIpc) is 3.32. The van der Waals surface area contributed by atoms with Crippen LogP contribution in [-0.4, -0.2) is 15.5 Å². The molecule has 2 heterocycles. The van der Waals surface area contributed by atoms with Gasteiger partial charge in [-0.15, -0.1) is 11.3 Å². The molecule has 0 spiro atoms. The minimum atomic E-state index is 0.0578. The number of fused-ring (bicyclic) bond motifs is 1. The molecule has 0 aliphatic heterocycles. The Kier molecular flexibility index (Phi) is 4.80. The van der Waals surface area contributed by atoms with Crippen LogP contribution in [-0.2, 0) is 11.2 Å². The van der Waals surface area contributed by atoms with Crippen molar-refractivity contribution in [2.24, 2.45) is 0 Å². The molecular formula is C21H19N3OS. The van der Waals surface area contributed by atoms with Crippen LogP contribution in [0.3, 0.4) is 0 Å². The van der Waals surface area contributed by atoms with E-state index in [1.54, 1.807) is 11.3 Å². The van der Waals surface area contributed by atoms with Gasteiger partial charge in [0.05, 0.1) is 11.0 Å². The zero-order valence-electron chi connectivity index (χ0n) is 14.3. The first-order valence-corrected chi connectivity index (χ1v) is 9.52. The molecule has 0 aliphatic carbocycles. The van der Waals surface area contributed by atoms with Crippen molar-refractivity contribution in [3.05, 3.63) is 77.2 Å². The highest BCUT2D eigenvalue weighted by Crippen LogP contribution is 2.20. The Morgan fingerprint density at radius 1 is 1.04 bits per heavy atom. The van der Waals surface area contributed by atoms with E-state index in [-0.39, 0.29) is 5.91 Å². The first-order chi connectivity index (χ1) is 12.8. The fourth-order valence-electron chi connectivity index (χ4n) is 2.97. The van der Waals surface area contributed by atoms with Crippen molar-refractivity contribution < 1.29 is 4.79 Å². The molecular weight excluding hydrogens is 342 g/mol. The molecule has 4 nitrogen and oxygen atoms in total. The maximum atomic E-state index is 12.1. The van der Waals surface area contributed by atoms with Crippen molar-refractivity contribution in [1.29, 1.82) is 0 Å². The van der Waals surface area contributed by atoms with E-state index in [0.717, 1.165) is 35.2 Å². The summed E-state index contributed by atoms with van der Waals surface area (Å²) in [5, 5.41) is 5.04. The summed E-state index contributed by atoms with van der Waals surface area (Å²) in [5.41, 5.74) is 3.88. The van der Waals surface area contributed by atoms with E-state index in [2.05, 4.69) is 21.7 Å². The van der Waals surface area contributed by atoms with Gasteiger partial charge in [-0.25, -0.2) is 4.98 Å². The number of aromatic nitrogens is 2. The van der Waals surface area contributed by atoms with Gasteiger partial charge in [-0.05, 0) is 60.7 Å². The van der Waals surface area contributed by atoms with Gasteiger partial charge in [0.25, 0.3) is 0 Å². The number of carbonyl (C=O) groups excluding carboxylic acids is 1. The molecule has 5 heteroatoms. The molecule has 0 saturated carbocycles. The molecule has 0 unspecified atom stereocenters. The summed E-state index contributed by atoms with van der Waals surface area (Å²) in [7, 11) is 0. The largest absolute Gasteiger partial charge is 0.326 e. The lowest BCUT2D eigenvalue weighted by Crippen LogP contribution is -2.11. The highest BCUT2D eigenvalue weighted by Gasteiger charge is 2.06. The zero-order chi connectivity index (χ0) is 17.8. The number of nitrogens with zero attached hydrogens (tertiary/aromatic N) is 2. The number of amides is 1. The monoisotopic (exact) mass is 361 g/mol. The van der Waals surface area contributed by atoms with Gasteiger partial charge in [-0.2, -0.15) is 0 Å². The number of thiophene rings is 1. The van der Waals surface area contributed by atoms with Crippen molar-refractivity contribution in [1.82, 2.24) is 9.55 Å². The Hall–Kier alpha value is -2.92. The van der Waals surface area contributed by atoms with Gasteiger partial charge in [0.15, 0.2) is 0 Å². The highest BCUT2D eigenvalue weighted by atomic mass is 32.1. The molecule has 4 aromatic rings. The molecule has 26 heavy (non-hydrogen) atoms. The van der Waals surface area contributed by atoms with Crippen LogP contribution in [0.25, 0.3) is 16.7 Å². The van der Waals surface area contributed by atoms with E-state index in [0.29, 0.717) is 6.42 Å². The lowest BCUT2D eigenvalue weighted by atomic mass is 10.2. The Morgan fingerprint density at radius 2 is 1.88 bits per heavy atom. The molecule has 0 fully saturated rings. The van der Waals surface area contributed by atoms with Gasteiger partial charge in [0.1, 0.15) is 6.33 Å². The van der Waals surface area contributed by atoms with Gasteiger partial charge in [0, 0.05) is 22.7 Å². The molecule has 0 aliphatic rings. The number of anilines is 1. The van der Waals surface area contributed by atoms with Gasteiger partial charge >= 0.3 is 0 Å². The maximum Gasteiger partial charge on any atom is 0.224 e. The Balaban J connectivity index is 1.37. The summed E-state index contributed by atoms with van der Waals surface area (Å²) in [6, 6.07) is 20.0. The molecule has 0 radical (unpaired) electrons. The zero-order valence-corrected chi connectivity index (χ0v) is 15.1. The van der Waals surface area contributed by atoms with Crippen LogP contribution in [0.5, 0.6) is 0 Å². The van der Waals surface area contributed by atoms with Crippen LogP contribution in [0.1, 0.15) is 17.7 Å². The third-order valence-electron chi connectivity index (χ3n) is 4.29. The number of aryl methyl sites for hydroxylation is 1. The number of hydrogen-bond donors (Lipinski definition) is 1. The van der Waals surface area contributed by atoms with Gasteiger partial charge < -0.3 is 5.32 Å². The van der Waals surface area contributed by atoms with Crippen molar-refractivity contribution >= 4 is 34.0 Å². The van der Waals surface area contributed by atoms with E-state index in [4.69, 9.17) is 0 Å². The lowest BCUT2D eigenvalue weighted by molar-refractivity contribution is -0.116. The number of carbonyl (C=O) groups is 1. The molecule has 1 N–H and O–H groups in total. The molecule has 1 amide bonds. The Labute approximate surface area is 156 Å². The van der Waals surface area contributed by atoms with Gasteiger partial charge in [-0.3, -0.25) is 9.36 Å². The maximum absolute atomic E-state index is 12.1. The van der Waals surface area contributed by atoms with Crippen molar-refractivity contribution in [2.45, 2.75) is 19.3 Å². The van der Waals surface area contributed by atoms with E-state index in [1.807, 2.05) is 65.5 Å². The van der Waals surface area contributed by atoms with Crippen LogP contribution < -0.4 is 5.32 Å². The van der Waals surface area contributed by atoms with E-state index in [1.165, 1.54) is 4.88 Å². The first kappa shape index (κ1) is 16.5. The Morgan fingerprint density at radius 3 is 2.69 bits per heavy atom. The average molecular weight is 361 g/mol. The van der Waals surface area contributed by atoms with Crippen LogP contribution in [0, 0.1) is 0 Å². The van der Waals surface area contributed by atoms with Crippen LogP contribution in [0.2, 0.25) is 0 Å². The number of nitrogens with one attached hydrogen (secondary N) is 1. The minimum absolute atomic E-state index is 0.0578. The number of rotatable bonds is 6. The quantitative estimate of drug-likeness (QED) is 0.522. The Bertz CT molecular complexity index is 1000. The summed E-state index contributed by atoms with van der Waals surface area (Å²) in [6.07, 6.45) is 4.18. The topological polar surface area (TPSA) is 46.9 Å². The lowest BCUT2D eigenvalue weighted by Gasteiger charge is -2.08. The SMILES string of the molecule is O=C(CCCc1cccs1)Nc1ccc(-n2cnc3ccccc32)cc1. The van der Waals surface area contributed by atoms with Gasteiger partial charge in [0.2, 0.25) is 5.91 Å².